The molecular weight excluding hydrogens is 394 g/mol. The van der Waals surface area contributed by atoms with E-state index in [4.69, 9.17) is 12.2 Å². The molecule has 1 aliphatic heterocycles. The van der Waals surface area contributed by atoms with Crippen molar-refractivity contribution in [2.45, 2.75) is 20.0 Å². The molecule has 0 bridgehead atoms. The molecule has 1 saturated heterocycles. The number of aryl methyl sites for hydroxylation is 2. The lowest BCUT2D eigenvalue weighted by Gasteiger charge is -2.34. The number of fused-ring (bicyclic) bond motifs is 1. The Bertz CT molecular complexity index is 1090. The second kappa shape index (κ2) is 9.12. The van der Waals surface area contributed by atoms with Gasteiger partial charge in [0.1, 0.15) is 0 Å². The summed E-state index contributed by atoms with van der Waals surface area (Å²) in [6.07, 6.45) is 0.909. The molecule has 0 radical (unpaired) electrons. The molecule has 1 amide bonds. The SMILES string of the molecule is CCc1ccccc1NC(=O)CN1CCN(Cn2c(=S)n(C)c3ccccc32)CC1. The van der Waals surface area contributed by atoms with E-state index >= 15 is 0 Å². The van der Waals surface area contributed by atoms with Gasteiger partial charge >= 0.3 is 0 Å². The Morgan fingerprint density at radius 2 is 1.60 bits per heavy atom. The molecule has 1 aliphatic rings. The predicted octanol–water partition coefficient (Wildman–Crippen LogP) is 3.49. The van der Waals surface area contributed by atoms with Crippen molar-refractivity contribution in [3.05, 3.63) is 58.9 Å². The van der Waals surface area contributed by atoms with E-state index in [0.717, 1.165) is 55.2 Å². The standard InChI is InChI=1S/C23H29N5OS/c1-3-18-8-4-5-9-19(18)24-22(29)16-26-12-14-27(15-13-26)17-28-21-11-7-6-10-20(21)25(2)23(28)30/h4-11H,3,12-17H2,1-2H3,(H,24,29). The number of imidazole rings is 1. The van der Waals surface area contributed by atoms with Crippen LogP contribution in [0.3, 0.4) is 0 Å². The van der Waals surface area contributed by atoms with Gasteiger partial charge in [-0.05, 0) is 42.4 Å². The van der Waals surface area contributed by atoms with Crippen LogP contribution in [-0.4, -0.2) is 57.6 Å². The Hall–Kier alpha value is -2.48. The van der Waals surface area contributed by atoms with Gasteiger partial charge < -0.3 is 14.5 Å². The van der Waals surface area contributed by atoms with Crippen LogP contribution in [0, 0.1) is 4.77 Å². The maximum Gasteiger partial charge on any atom is 0.238 e. The highest BCUT2D eigenvalue weighted by Crippen LogP contribution is 2.18. The van der Waals surface area contributed by atoms with Crippen molar-refractivity contribution in [2.24, 2.45) is 7.05 Å². The number of piperazine rings is 1. The van der Waals surface area contributed by atoms with Gasteiger partial charge in [-0.15, -0.1) is 0 Å². The van der Waals surface area contributed by atoms with Gasteiger partial charge in [0.15, 0.2) is 4.77 Å². The molecule has 0 atom stereocenters. The van der Waals surface area contributed by atoms with E-state index in [1.807, 2.05) is 31.3 Å². The van der Waals surface area contributed by atoms with Crippen molar-refractivity contribution in [1.82, 2.24) is 18.9 Å². The average Bonchev–Trinajstić information content (AvgIpc) is 3.00. The summed E-state index contributed by atoms with van der Waals surface area (Å²) in [5, 5.41) is 3.08. The van der Waals surface area contributed by atoms with Crippen molar-refractivity contribution >= 4 is 34.8 Å². The smallest absolute Gasteiger partial charge is 0.238 e. The summed E-state index contributed by atoms with van der Waals surface area (Å²) in [6, 6.07) is 16.3. The van der Waals surface area contributed by atoms with Crippen LogP contribution in [0.2, 0.25) is 0 Å². The molecule has 4 rings (SSSR count). The van der Waals surface area contributed by atoms with Gasteiger partial charge in [0.25, 0.3) is 0 Å². The van der Waals surface area contributed by atoms with E-state index in [9.17, 15) is 4.79 Å². The van der Waals surface area contributed by atoms with E-state index in [0.29, 0.717) is 6.54 Å². The van der Waals surface area contributed by atoms with Gasteiger partial charge in [0, 0.05) is 38.9 Å². The maximum absolute atomic E-state index is 12.5. The number of amides is 1. The number of carbonyl (C=O) groups excluding carboxylic acids is 1. The first-order valence-corrected chi connectivity index (χ1v) is 10.9. The summed E-state index contributed by atoms with van der Waals surface area (Å²) in [4.78, 5) is 17.2. The second-order valence-electron chi connectivity index (χ2n) is 7.85. The lowest BCUT2D eigenvalue weighted by Crippen LogP contribution is -2.48. The molecule has 0 spiro atoms. The van der Waals surface area contributed by atoms with Gasteiger partial charge in [-0.2, -0.15) is 0 Å². The number of para-hydroxylation sites is 3. The zero-order valence-electron chi connectivity index (χ0n) is 17.7. The first kappa shape index (κ1) is 20.8. The number of rotatable bonds is 6. The third kappa shape index (κ3) is 4.33. The number of anilines is 1. The molecule has 0 saturated carbocycles. The average molecular weight is 424 g/mol. The maximum atomic E-state index is 12.5. The van der Waals surface area contributed by atoms with E-state index in [-0.39, 0.29) is 5.91 Å². The van der Waals surface area contributed by atoms with Crippen LogP contribution in [0.1, 0.15) is 12.5 Å². The van der Waals surface area contributed by atoms with Gasteiger partial charge in [-0.3, -0.25) is 14.6 Å². The minimum absolute atomic E-state index is 0.0561. The minimum atomic E-state index is 0.0561. The quantitative estimate of drug-likeness (QED) is 0.617. The molecule has 158 valence electrons. The Morgan fingerprint density at radius 1 is 0.967 bits per heavy atom. The Balaban J connectivity index is 1.33. The van der Waals surface area contributed by atoms with E-state index in [1.54, 1.807) is 0 Å². The summed E-state index contributed by atoms with van der Waals surface area (Å²) in [7, 11) is 2.02. The molecule has 2 aromatic carbocycles. The van der Waals surface area contributed by atoms with Crippen molar-refractivity contribution in [2.75, 3.05) is 38.0 Å². The van der Waals surface area contributed by atoms with Crippen molar-refractivity contribution in [1.29, 1.82) is 0 Å². The van der Waals surface area contributed by atoms with Gasteiger partial charge in [0.05, 0.1) is 24.2 Å². The number of nitrogens with zero attached hydrogens (tertiary/aromatic N) is 4. The van der Waals surface area contributed by atoms with Gasteiger partial charge in [-0.25, -0.2) is 0 Å². The normalized spacial score (nSPS) is 15.5. The summed E-state index contributed by atoms with van der Waals surface area (Å²) < 4.78 is 5.11. The predicted molar refractivity (Wildman–Crippen MR) is 124 cm³/mol. The molecule has 6 nitrogen and oxygen atoms in total. The van der Waals surface area contributed by atoms with E-state index in [1.165, 1.54) is 11.1 Å². The highest BCUT2D eigenvalue weighted by molar-refractivity contribution is 7.71. The fourth-order valence-corrected chi connectivity index (χ4v) is 4.39. The number of hydrogen-bond acceptors (Lipinski definition) is 4. The van der Waals surface area contributed by atoms with E-state index < -0.39 is 0 Å². The first-order valence-electron chi connectivity index (χ1n) is 10.5. The van der Waals surface area contributed by atoms with Gasteiger partial charge in [-0.1, -0.05) is 37.3 Å². The van der Waals surface area contributed by atoms with Crippen LogP contribution in [-0.2, 0) is 24.9 Å². The number of benzene rings is 2. The molecule has 2 heterocycles. The van der Waals surface area contributed by atoms with Crippen molar-refractivity contribution < 1.29 is 4.79 Å². The number of carbonyl (C=O) groups is 1. The van der Waals surface area contributed by atoms with Gasteiger partial charge in [0.2, 0.25) is 5.91 Å². The second-order valence-corrected chi connectivity index (χ2v) is 8.22. The summed E-state index contributed by atoms with van der Waals surface area (Å²) in [6.45, 7) is 6.91. The monoisotopic (exact) mass is 423 g/mol. The Morgan fingerprint density at radius 3 is 2.33 bits per heavy atom. The summed E-state index contributed by atoms with van der Waals surface area (Å²) in [5.41, 5.74) is 4.42. The summed E-state index contributed by atoms with van der Waals surface area (Å²) in [5.74, 6) is 0.0561. The molecule has 3 aromatic rings. The molecule has 30 heavy (non-hydrogen) atoms. The fraction of sp³-hybridized carbons (Fsp3) is 0.391. The Labute approximate surface area is 182 Å². The minimum Gasteiger partial charge on any atom is -0.325 e. The van der Waals surface area contributed by atoms with Crippen LogP contribution >= 0.6 is 12.2 Å². The van der Waals surface area contributed by atoms with Crippen LogP contribution in [0.4, 0.5) is 5.69 Å². The molecule has 1 aromatic heterocycles. The number of hydrogen-bond donors (Lipinski definition) is 1. The van der Waals surface area contributed by atoms with Crippen LogP contribution in [0.15, 0.2) is 48.5 Å². The molecule has 0 unspecified atom stereocenters. The summed E-state index contributed by atoms with van der Waals surface area (Å²) >= 11 is 5.66. The number of aromatic nitrogens is 2. The number of nitrogens with one attached hydrogen (secondary N) is 1. The van der Waals surface area contributed by atoms with Crippen LogP contribution < -0.4 is 5.32 Å². The zero-order valence-corrected chi connectivity index (χ0v) is 18.5. The molecule has 1 N–H and O–H groups in total. The molecule has 1 fully saturated rings. The Kier molecular flexibility index (Phi) is 6.32. The largest absolute Gasteiger partial charge is 0.325 e. The first-order chi connectivity index (χ1) is 14.6. The van der Waals surface area contributed by atoms with E-state index in [2.05, 4.69) is 55.4 Å². The topological polar surface area (TPSA) is 45.4 Å². The fourth-order valence-electron chi connectivity index (χ4n) is 4.13. The zero-order chi connectivity index (χ0) is 21.1. The lowest BCUT2D eigenvalue weighted by molar-refractivity contribution is -0.117. The third-order valence-electron chi connectivity index (χ3n) is 5.90. The third-order valence-corrected chi connectivity index (χ3v) is 6.39. The van der Waals surface area contributed by atoms with Crippen molar-refractivity contribution in [3.63, 3.8) is 0 Å². The van der Waals surface area contributed by atoms with Crippen LogP contribution in [0.25, 0.3) is 11.0 Å². The van der Waals surface area contributed by atoms with Crippen molar-refractivity contribution in [3.8, 4) is 0 Å². The molecule has 0 aliphatic carbocycles. The molecule has 7 heteroatoms. The highest BCUT2D eigenvalue weighted by atomic mass is 32.1. The highest BCUT2D eigenvalue weighted by Gasteiger charge is 2.20. The lowest BCUT2D eigenvalue weighted by atomic mass is 10.1. The van der Waals surface area contributed by atoms with Crippen LogP contribution in [0.5, 0.6) is 0 Å². The molecular formula is C23H29N5OS.